The number of aromatic nitrogens is 3. The molecular formula is C25H24Cl2N4O2. The number of halogens is 2. The van der Waals surface area contributed by atoms with Gasteiger partial charge < -0.3 is 15.0 Å². The zero-order chi connectivity index (χ0) is 23.4. The molecule has 8 heteroatoms. The Morgan fingerprint density at radius 3 is 2.52 bits per heavy atom. The fourth-order valence-electron chi connectivity index (χ4n) is 3.94. The normalized spacial score (nSPS) is 12.0. The number of nitrogens with zero attached hydrogens (tertiary/aromatic N) is 2. The van der Waals surface area contributed by atoms with Crippen molar-refractivity contribution in [1.82, 2.24) is 15.0 Å². The average Bonchev–Trinajstić information content (AvgIpc) is 3.26. The summed E-state index contributed by atoms with van der Waals surface area (Å²) < 4.78 is 5.56. The summed E-state index contributed by atoms with van der Waals surface area (Å²) in [6.45, 7) is 2.16. The predicted octanol–water partition coefficient (Wildman–Crippen LogP) is 6.39. The number of hydrogen-bond donors (Lipinski definition) is 2. The zero-order valence-electron chi connectivity index (χ0n) is 18.4. The van der Waals surface area contributed by atoms with E-state index in [1.807, 2.05) is 30.3 Å². The molecule has 1 amide bonds. The van der Waals surface area contributed by atoms with Gasteiger partial charge in [0.15, 0.2) is 0 Å². The molecule has 0 saturated heterocycles. The number of hydrogen-bond acceptors (Lipinski definition) is 4. The molecular weight excluding hydrogens is 459 g/mol. The Bertz CT molecular complexity index is 1250. The van der Waals surface area contributed by atoms with Gasteiger partial charge in [0.05, 0.1) is 34.8 Å². The van der Waals surface area contributed by atoms with Crippen LogP contribution in [0.2, 0.25) is 10.0 Å². The maximum absolute atomic E-state index is 12.8. The molecule has 0 radical (unpaired) electrons. The summed E-state index contributed by atoms with van der Waals surface area (Å²) in [5.41, 5.74) is 3.80. The first-order valence-electron chi connectivity index (χ1n) is 10.7. The van der Waals surface area contributed by atoms with Crippen LogP contribution in [-0.2, 0) is 11.2 Å². The fourth-order valence-corrected chi connectivity index (χ4v) is 4.40. The van der Waals surface area contributed by atoms with Crippen molar-refractivity contribution in [1.29, 1.82) is 0 Å². The van der Waals surface area contributed by atoms with Crippen LogP contribution in [-0.4, -0.2) is 28.0 Å². The summed E-state index contributed by atoms with van der Waals surface area (Å²) in [6, 6.07) is 14.0. The number of aromatic amines is 1. The first kappa shape index (κ1) is 23.1. The summed E-state index contributed by atoms with van der Waals surface area (Å²) in [5.74, 6) is 1.39. The summed E-state index contributed by atoms with van der Waals surface area (Å²) in [5, 5.41) is 3.35. The number of anilines is 1. The second-order valence-corrected chi connectivity index (χ2v) is 8.54. The molecule has 0 unspecified atom stereocenters. The number of amides is 1. The molecule has 0 aliphatic rings. The lowest BCUT2D eigenvalue weighted by atomic mass is 9.94. The Balaban J connectivity index is 1.69. The number of carbonyl (C=O) groups excluding carboxylic acids is 1. The van der Waals surface area contributed by atoms with Gasteiger partial charge >= 0.3 is 0 Å². The molecule has 0 bridgehead atoms. The van der Waals surface area contributed by atoms with Crippen molar-refractivity contribution in [3.05, 3.63) is 81.9 Å². The van der Waals surface area contributed by atoms with Gasteiger partial charge in [0, 0.05) is 18.3 Å². The van der Waals surface area contributed by atoms with Crippen LogP contribution >= 0.6 is 23.2 Å². The summed E-state index contributed by atoms with van der Waals surface area (Å²) in [6.07, 6.45) is 4.93. The van der Waals surface area contributed by atoms with Gasteiger partial charge in [-0.1, -0.05) is 72.9 Å². The molecule has 0 aliphatic heterocycles. The predicted molar refractivity (Wildman–Crippen MR) is 132 cm³/mol. The van der Waals surface area contributed by atoms with Gasteiger partial charge in [-0.25, -0.2) is 4.98 Å². The number of fused-ring (bicyclic) bond motifs is 1. The fraction of sp³-hybridized carbons (Fsp3) is 0.240. The third-order valence-corrected chi connectivity index (χ3v) is 6.08. The van der Waals surface area contributed by atoms with Crippen LogP contribution in [0.15, 0.2) is 54.9 Å². The van der Waals surface area contributed by atoms with Gasteiger partial charge in [-0.2, -0.15) is 0 Å². The third kappa shape index (κ3) is 4.97. The van der Waals surface area contributed by atoms with Crippen LogP contribution < -0.4 is 10.1 Å². The third-order valence-electron chi connectivity index (χ3n) is 5.51. The highest BCUT2D eigenvalue weighted by Crippen LogP contribution is 2.34. The van der Waals surface area contributed by atoms with Crippen LogP contribution in [0.1, 0.15) is 42.6 Å². The van der Waals surface area contributed by atoms with E-state index in [0.717, 1.165) is 29.7 Å². The first-order valence-corrected chi connectivity index (χ1v) is 11.5. The van der Waals surface area contributed by atoms with Crippen LogP contribution in [0.3, 0.4) is 0 Å². The van der Waals surface area contributed by atoms with Gasteiger partial charge in [0.25, 0.3) is 0 Å². The van der Waals surface area contributed by atoms with E-state index in [2.05, 4.69) is 34.3 Å². The largest absolute Gasteiger partial charge is 0.494 e. The lowest BCUT2D eigenvalue weighted by molar-refractivity contribution is -0.115. The summed E-state index contributed by atoms with van der Waals surface area (Å²) in [7, 11) is 1.62. The summed E-state index contributed by atoms with van der Waals surface area (Å²) in [4.78, 5) is 25.1. The number of rotatable bonds is 8. The molecule has 0 saturated carbocycles. The highest BCUT2D eigenvalue weighted by atomic mass is 35.5. The minimum atomic E-state index is -0.255. The van der Waals surface area contributed by atoms with Gasteiger partial charge in [-0.05, 0) is 23.6 Å². The second-order valence-electron chi connectivity index (χ2n) is 7.73. The molecule has 2 aromatic heterocycles. The first-order chi connectivity index (χ1) is 16.0. The lowest BCUT2D eigenvalue weighted by Crippen LogP contribution is -2.15. The molecule has 0 aliphatic carbocycles. The molecule has 2 N–H and O–H groups in total. The second kappa shape index (κ2) is 10.2. The number of carbonyl (C=O) groups is 1. The van der Waals surface area contributed by atoms with E-state index >= 15 is 0 Å². The van der Waals surface area contributed by atoms with Gasteiger partial charge in [0.1, 0.15) is 17.1 Å². The van der Waals surface area contributed by atoms with Crippen molar-refractivity contribution in [2.45, 2.75) is 32.1 Å². The van der Waals surface area contributed by atoms with Crippen molar-refractivity contribution in [2.75, 3.05) is 12.4 Å². The minimum absolute atomic E-state index is 0.101. The highest BCUT2D eigenvalue weighted by molar-refractivity contribution is 6.39. The van der Waals surface area contributed by atoms with E-state index in [-0.39, 0.29) is 28.3 Å². The maximum atomic E-state index is 12.8. The molecule has 0 spiro atoms. The Morgan fingerprint density at radius 2 is 1.85 bits per heavy atom. The van der Waals surface area contributed by atoms with Gasteiger partial charge in [-0.15, -0.1) is 0 Å². The lowest BCUT2D eigenvalue weighted by Gasteiger charge is -2.13. The number of pyridine rings is 1. The van der Waals surface area contributed by atoms with E-state index < -0.39 is 0 Å². The molecule has 2 aromatic carbocycles. The van der Waals surface area contributed by atoms with E-state index in [9.17, 15) is 4.79 Å². The number of methoxy groups -OCH3 is 1. The average molecular weight is 483 g/mol. The Labute approximate surface area is 202 Å². The van der Waals surface area contributed by atoms with Crippen molar-refractivity contribution in [3.63, 3.8) is 0 Å². The van der Waals surface area contributed by atoms with Crippen molar-refractivity contribution in [2.24, 2.45) is 0 Å². The molecule has 4 rings (SSSR count). The van der Waals surface area contributed by atoms with Crippen LogP contribution in [0.25, 0.3) is 11.0 Å². The molecule has 170 valence electrons. The molecule has 6 nitrogen and oxygen atoms in total. The highest BCUT2D eigenvalue weighted by Gasteiger charge is 2.21. The van der Waals surface area contributed by atoms with E-state index in [4.69, 9.17) is 32.9 Å². The molecule has 2 heterocycles. The molecule has 4 aromatic rings. The number of imidazole rings is 1. The smallest absolute Gasteiger partial charge is 0.228 e. The zero-order valence-corrected chi connectivity index (χ0v) is 19.9. The number of H-pyrrole nitrogens is 1. The standard InChI is InChI=1S/C25H24Cl2N4O2/c1-3-7-17(15-8-5-4-6-9-15)25-30-22-16(10-11-20(33-2)24(22)31-25)12-21(32)29-23-18(26)13-28-14-19(23)27/h4-6,8-11,13-14,17H,3,7,12H2,1-2H3,(H,30,31)(H,28,29,32)/t17-/m0/s1. The van der Waals surface area contributed by atoms with Crippen LogP contribution in [0, 0.1) is 0 Å². The minimum Gasteiger partial charge on any atom is -0.494 e. The molecule has 0 fully saturated rings. The van der Waals surface area contributed by atoms with E-state index in [1.165, 1.54) is 18.0 Å². The Hall–Kier alpha value is -3.09. The van der Waals surface area contributed by atoms with E-state index in [0.29, 0.717) is 17.0 Å². The van der Waals surface area contributed by atoms with Gasteiger partial charge in [-0.3, -0.25) is 9.78 Å². The molecule has 33 heavy (non-hydrogen) atoms. The Kier molecular flexibility index (Phi) is 7.16. The molecule has 1 atom stereocenters. The monoisotopic (exact) mass is 482 g/mol. The topological polar surface area (TPSA) is 79.9 Å². The quantitative estimate of drug-likeness (QED) is 0.305. The Morgan fingerprint density at radius 1 is 1.12 bits per heavy atom. The van der Waals surface area contributed by atoms with Crippen LogP contribution in [0.4, 0.5) is 5.69 Å². The van der Waals surface area contributed by atoms with Crippen LogP contribution in [0.5, 0.6) is 5.75 Å². The number of ether oxygens (including phenoxy) is 1. The van der Waals surface area contributed by atoms with Crippen molar-refractivity contribution in [3.8, 4) is 5.75 Å². The number of nitrogens with one attached hydrogen (secondary N) is 2. The summed E-state index contributed by atoms with van der Waals surface area (Å²) >= 11 is 12.3. The van der Waals surface area contributed by atoms with E-state index in [1.54, 1.807) is 7.11 Å². The van der Waals surface area contributed by atoms with Gasteiger partial charge in [0.2, 0.25) is 5.91 Å². The van der Waals surface area contributed by atoms with Crippen molar-refractivity contribution < 1.29 is 9.53 Å². The SMILES string of the molecule is CCC[C@@H](c1ccccc1)c1nc2c(CC(=O)Nc3c(Cl)cncc3Cl)ccc(OC)c2[nH]1. The van der Waals surface area contributed by atoms with Crippen molar-refractivity contribution >= 4 is 45.8 Å². The number of benzene rings is 2. The maximum Gasteiger partial charge on any atom is 0.228 e.